The van der Waals surface area contributed by atoms with Crippen molar-refractivity contribution in [2.24, 2.45) is 5.14 Å². The van der Waals surface area contributed by atoms with E-state index >= 15 is 0 Å². The molecule has 0 spiro atoms. The van der Waals surface area contributed by atoms with Crippen LogP contribution in [0.3, 0.4) is 0 Å². The first kappa shape index (κ1) is 17.6. The summed E-state index contributed by atoms with van der Waals surface area (Å²) in [6, 6.07) is 5.87. The predicted molar refractivity (Wildman–Crippen MR) is 79.1 cm³/mol. The Morgan fingerprint density at radius 1 is 1.33 bits per heavy atom. The third-order valence-electron chi connectivity index (χ3n) is 2.85. The van der Waals surface area contributed by atoms with E-state index in [4.69, 9.17) is 9.88 Å². The number of benzene rings is 1. The second-order valence-corrected chi connectivity index (χ2v) is 6.13. The highest BCUT2D eigenvalue weighted by Crippen LogP contribution is 2.15. The molecule has 1 rings (SSSR count). The number of rotatable bonds is 8. The van der Waals surface area contributed by atoms with Gasteiger partial charge in [0.2, 0.25) is 15.9 Å². The van der Waals surface area contributed by atoms with Crippen LogP contribution in [0.2, 0.25) is 0 Å². The molecule has 1 aromatic rings. The number of amides is 1. The lowest BCUT2D eigenvalue weighted by atomic mass is 10.1. The van der Waals surface area contributed by atoms with Gasteiger partial charge in [-0.2, -0.15) is 0 Å². The Balaban J connectivity index is 2.52. The van der Waals surface area contributed by atoms with E-state index < -0.39 is 10.0 Å². The van der Waals surface area contributed by atoms with Crippen LogP contribution in [0.25, 0.3) is 0 Å². The highest BCUT2D eigenvalue weighted by molar-refractivity contribution is 7.89. The highest BCUT2D eigenvalue weighted by atomic mass is 32.2. The van der Waals surface area contributed by atoms with Crippen molar-refractivity contribution in [3.63, 3.8) is 0 Å². The van der Waals surface area contributed by atoms with Crippen LogP contribution in [0.4, 0.5) is 0 Å². The summed E-state index contributed by atoms with van der Waals surface area (Å²) in [5.74, 6) is -0.144. The molecule has 0 saturated carbocycles. The number of sulfonamides is 1. The van der Waals surface area contributed by atoms with Crippen molar-refractivity contribution in [2.45, 2.75) is 17.9 Å². The molecule has 1 aromatic carbocycles. The van der Waals surface area contributed by atoms with Crippen LogP contribution in [0.1, 0.15) is 18.5 Å². The summed E-state index contributed by atoms with van der Waals surface area (Å²) >= 11 is 0. The molecule has 118 valence electrons. The van der Waals surface area contributed by atoms with Crippen molar-refractivity contribution >= 4 is 15.9 Å². The van der Waals surface area contributed by atoms with E-state index in [0.717, 1.165) is 5.56 Å². The zero-order valence-electron chi connectivity index (χ0n) is 12.1. The third-order valence-corrected chi connectivity index (χ3v) is 3.78. The number of methoxy groups -OCH3 is 1. The standard InChI is InChI=1S/C13H21N3O4S/c1-10(16-13(17)9-15-7-8-20-2)11-3-5-12(6-4-11)21(14,18)19/h3-6,10,15H,7-9H2,1-2H3,(H,16,17)(H2,14,18,19). The normalized spacial score (nSPS) is 12.9. The molecule has 0 fully saturated rings. The van der Waals surface area contributed by atoms with Crippen LogP contribution in [0.15, 0.2) is 29.2 Å². The van der Waals surface area contributed by atoms with E-state index in [0.29, 0.717) is 13.2 Å². The summed E-state index contributed by atoms with van der Waals surface area (Å²) in [6.45, 7) is 3.15. The largest absolute Gasteiger partial charge is 0.383 e. The van der Waals surface area contributed by atoms with Gasteiger partial charge in [0.15, 0.2) is 0 Å². The van der Waals surface area contributed by atoms with E-state index in [1.807, 2.05) is 6.92 Å². The lowest BCUT2D eigenvalue weighted by Gasteiger charge is -2.15. The van der Waals surface area contributed by atoms with Gasteiger partial charge in [-0.05, 0) is 24.6 Å². The van der Waals surface area contributed by atoms with Crippen LogP contribution in [-0.4, -0.2) is 41.1 Å². The van der Waals surface area contributed by atoms with E-state index in [1.54, 1.807) is 19.2 Å². The topological polar surface area (TPSA) is 111 Å². The minimum atomic E-state index is -3.70. The fourth-order valence-corrected chi connectivity index (χ4v) is 2.21. The van der Waals surface area contributed by atoms with Gasteiger partial charge in [0, 0.05) is 13.7 Å². The Morgan fingerprint density at radius 2 is 1.95 bits per heavy atom. The fraction of sp³-hybridized carbons (Fsp3) is 0.462. The minimum absolute atomic E-state index is 0.0472. The van der Waals surface area contributed by atoms with E-state index in [2.05, 4.69) is 10.6 Å². The lowest BCUT2D eigenvalue weighted by Crippen LogP contribution is -2.36. The Kier molecular flexibility index (Phi) is 6.76. The Hall–Kier alpha value is -1.48. The van der Waals surface area contributed by atoms with E-state index in [1.165, 1.54) is 12.1 Å². The van der Waals surface area contributed by atoms with Gasteiger partial charge in [-0.25, -0.2) is 13.6 Å². The molecule has 0 aliphatic rings. The molecule has 0 aromatic heterocycles. The fourth-order valence-electron chi connectivity index (χ4n) is 1.70. The maximum atomic E-state index is 11.7. The molecular formula is C13H21N3O4S. The first-order chi connectivity index (χ1) is 9.84. The summed E-state index contributed by atoms with van der Waals surface area (Å²) in [7, 11) is -2.10. The average Bonchev–Trinajstić information content (AvgIpc) is 2.43. The maximum Gasteiger partial charge on any atom is 0.238 e. The van der Waals surface area contributed by atoms with Crippen molar-refractivity contribution in [1.82, 2.24) is 10.6 Å². The van der Waals surface area contributed by atoms with Gasteiger partial charge >= 0.3 is 0 Å². The Bertz CT molecular complexity index is 557. The molecule has 0 aliphatic heterocycles. The van der Waals surface area contributed by atoms with Crippen LogP contribution >= 0.6 is 0 Å². The van der Waals surface area contributed by atoms with Gasteiger partial charge in [0.05, 0.1) is 24.1 Å². The monoisotopic (exact) mass is 315 g/mol. The van der Waals surface area contributed by atoms with Crippen molar-refractivity contribution in [3.8, 4) is 0 Å². The molecule has 21 heavy (non-hydrogen) atoms. The van der Waals surface area contributed by atoms with E-state index in [9.17, 15) is 13.2 Å². The Morgan fingerprint density at radius 3 is 2.48 bits per heavy atom. The summed E-state index contributed by atoms with van der Waals surface area (Å²) in [4.78, 5) is 11.7. The van der Waals surface area contributed by atoms with Gasteiger partial charge in [-0.15, -0.1) is 0 Å². The Labute approximate surface area is 124 Å². The number of nitrogens with two attached hydrogens (primary N) is 1. The zero-order valence-corrected chi connectivity index (χ0v) is 12.9. The molecule has 0 saturated heterocycles. The molecule has 0 aliphatic carbocycles. The third kappa shape index (κ3) is 6.21. The first-order valence-corrected chi connectivity index (χ1v) is 8.01. The second kappa shape index (κ2) is 8.08. The van der Waals surface area contributed by atoms with Crippen LogP contribution in [0, 0.1) is 0 Å². The van der Waals surface area contributed by atoms with Gasteiger partial charge < -0.3 is 15.4 Å². The molecule has 0 heterocycles. The number of nitrogens with one attached hydrogen (secondary N) is 2. The van der Waals surface area contributed by atoms with Crippen molar-refractivity contribution < 1.29 is 17.9 Å². The highest BCUT2D eigenvalue weighted by Gasteiger charge is 2.11. The first-order valence-electron chi connectivity index (χ1n) is 6.46. The molecule has 8 heteroatoms. The van der Waals surface area contributed by atoms with Gasteiger partial charge in [0.1, 0.15) is 0 Å². The number of hydrogen-bond acceptors (Lipinski definition) is 5. The molecule has 0 bridgehead atoms. The minimum Gasteiger partial charge on any atom is -0.383 e. The van der Waals surface area contributed by atoms with Gasteiger partial charge in [-0.1, -0.05) is 12.1 Å². The molecule has 7 nitrogen and oxygen atoms in total. The SMILES string of the molecule is COCCNCC(=O)NC(C)c1ccc(S(N)(=O)=O)cc1. The van der Waals surface area contributed by atoms with Crippen molar-refractivity contribution in [3.05, 3.63) is 29.8 Å². The van der Waals surface area contributed by atoms with Gasteiger partial charge in [-0.3, -0.25) is 4.79 Å². The number of ether oxygens (including phenoxy) is 1. The molecule has 0 radical (unpaired) electrons. The van der Waals surface area contributed by atoms with E-state index in [-0.39, 0.29) is 23.4 Å². The smallest absolute Gasteiger partial charge is 0.238 e. The second-order valence-electron chi connectivity index (χ2n) is 4.57. The number of primary sulfonamides is 1. The molecule has 4 N–H and O–H groups in total. The molecular weight excluding hydrogens is 294 g/mol. The molecule has 1 amide bonds. The number of hydrogen-bond donors (Lipinski definition) is 3. The van der Waals surface area contributed by atoms with Crippen molar-refractivity contribution in [2.75, 3.05) is 26.8 Å². The van der Waals surface area contributed by atoms with Crippen LogP contribution in [-0.2, 0) is 19.6 Å². The quantitative estimate of drug-likeness (QED) is 0.573. The molecule has 1 atom stereocenters. The number of carbonyl (C=O) groups is 1. The van der Waals surface area contributed by atoms with Gasteiger partial charge in [0.25, 0.3) is 0 Å². The zero-order chi connectivity index (χ0) is 15.9. The summed E-state index contributed by atoms with van der Waals surface area (Å²) in [5, 5.41) is 10.8. The van der Waals surface area contributed by atoms with Crippen LogP contribution < -0.4 is 15.8 Å². The predicted octanol–water partition coefficient (Wildman–Crippen LogP) is -0.253. The summed E-state index contributed by atoms with van der Waals surface area (Å²) in [5.41, 5.74) is 0.799. The number of carbonyl (C=O) groups excluding carboxylic acids is 1. The summed E-state index contributed by atoms with van der Waals surface area (Å²) in [6.07, 6.45) is 0. The molecule has 1 unspecified atom stereocenters. The average molecular weight is 315 g/mol. The maximum absolute atomic E-state index is 11.7. The van der Waals surface area contributed by atoms with Crippen molar-refractivity contribution in [1.29, 1.82) is 0 Å². The summed E-state index contributed by atoms with van der Waals surface area (Å²) < 4.78 is 27.2. The van der Waals surface area contributed by atoms with Crippen LogP contribution in [0.5, 0.6) is 0 Å². The lowest BCUT2D eigenvalue weighted by molar-refractivity contribution is -0.120.